The molecule has 0 aliphatic carbocycles. The van der Waals surface area contributed by atoms with Crippen LogP contribution in [-0.4, -0.2) is 94.5 Å². The Morgan fingerprint density at radius 2 is 1.80 bits per heavy atom. The molecule has 3 rings (SSSR count). The number of ether oxygens (including phenoxy) is 2. The van der Waals surface area contributed by atoms with E-state index in [-0.39, 0.29) is 0 Å². The molecular formula is C22H39N5O2S. The van der Waals surface area contributed by atoms with Crippen molar-refractivity contribution in [2.45, 2.75) is 26.8 Å². The number of nitrogens with one attached hydrogen (secondary N) is 2. The molecule has 0 aromatic carbocycles. The third-order valence-corrected chi connectivity index (χ3v) is 6.72. The number of morpholine rings is 2. The van der Waals surface area contributed by atoms with Crippen molar-refractivity contribution in [2.24, 2.45) is 10.9 Å². The molecule has 2 aliphatic rings. The molecule has 2 saturated heterocycles. The third-order valence-electron chi connectivity index (χ3n) is 5.62. The van der Waals surface area contributed by atoms with E-state index in [0.717, 1.165) is 84.7 Å². The number of hydrogen-bond acceptors (Lipinski definition) is 6. The Morgan fingerprint density at radius 1 is 1.10 bits per heavy atom. The maximum atomic E-state index is 5.58. The molecule has 0 spiro atoms. The van der Waals surface area contributed by atoms with E-state index in [1.165, 1.54) is 9.75 Å². The minimum atomic E-state index is 0.349. The van der Waals surface area contributed by atoms with Gasteiger partial charge < -0.3 is 20.1 Å². The molecule has 30 heavy (non-hydrogen) atoms. The predicted octanol–water partition coefficient (Wildman–Crippen LogP) is 1.95. The van der Waals surface area contributed by atoms with E-state index in [4.69, 9.17) is 14.5 Å². The molecule has 0 amide bonds. The van der Waals surface area contributed by atoms with Crippen molar-refractivity contribution in [2.75, 3.05) is 78.8 Å². The number of guanidine groups is 1. The minimum absolute atomic E-state index is 0.349. The zero-order valence-corrected chi connectivity index (χ0v) is 19.7. The lowest BCUT2D eigenvalue weighted by Crippen LogP contribution is -2.46. The third kappa shape index (κ3) is 7.50. The van der Waals surface area contributed by atoms with Crippen molar-refractivity contribution >= 4 is 17.3 Å². The second-order valence-electron chi connectivity index (χ2n) is 8.23. The Morgan fingerprint density at radius 3 is 2.43 bits per heavy atom. The minimum Gasteiger partial charge on any atom is -0.379 e. The van der Waals surface area contributed by atoms with E-state index >= 15 is 0 Å². The van der Waals surface area contributed by atoms with Crippen LogP contribution in [0, 0.1) is 12.8 Å². The van der Waals surface area contributed by atoms with Gasteiger partial charge in [0.25, 0.3) is 0 Å². The Hall–Kier alpha value is -1.19. The van der Waals surface area contributed by atoms with Crippen LogP contribution >= 0.6 is 11.3 Å². The molecule has 1 aromatic heterocycles. The van der Waals surface area contributed by atoms with Gasteiger partial charge in [-0.05, 0) is 31.9 Å². The quantitative estimate of drug-likeness (QED) is 0.455. The maximum absolute atomic E-state index is 5.58. The fourth-order valence-corrected chi connectivity index (χ4v) is 5.01. The van der Waals surface area contributed by atoms with E-state index in [0.29, 0.717) is 12.0 Å². The molecule has 3 heterocycles. The first kappa shape index (κ1) is 23.5. The van der Waals surface area contributed by atoms with Crippen LogP contribution in [0.25, 0.3) is 0 Å². The summed E-state index contributed by atoms with van der Waals surface area (Å²) in [6.45, 7) is 17.6. The van der Waals surface area contributed by atoms with Crippen LogP contribution in [0.3, 0.4) is 0 Å². The fourth-order valence-electron chi connectivity index (χ4n) is 4.00. The molecular weight excluding hydrogens is 398 g/mol. The lowest BCUT2D eigenvalue weighted by molar-refractivity contribution is 0.0177. The van der Waals surface area contributed by atoms with Crippen molar-refractivity contribution < 1.29 is 9.47 Å². The van der Waals surface area contributed by atoms with Crippen LogP contribution in [0.4, 0.5) is 0 Å². The van der Waals surface area contributed by atoms with Crippen LogP contribution in [0.15, 0.2) is 17.1 Å². The zero-order chi connectivity index (χ0) is 21.2. The molecule has 2 N–H and O–H groups in total. The normalized spacial score (nSPS) is 21.4. The summed E-state index contributed by atoms with van der Waals surface area (Å²) in [5.74, 6) is 1.44. The van der Waals surface area contributed by atoms with Crippen molar-refractivity contribution in [1.82, 2.24) is 20.4 Å². The van der Waals surface area contributed by atoms with Gasteiger partial charge in [0.05, 0.1) is 32.5 Å². The molecule has 8 heteroatoms. The van der Waals surface area contributed by atoms with E-state index in [1.54, 1.807) is 0 Å². The number of aliphatic imine (C=N–C) groups is 1. The van der Waals surface area contributed by atoms with Gasteiger partial charge in [-0.1, -0.05) is 6.92 Å². The number of rotatable bonds is 9. The van der Waals surface area contributed by atoms with Crippen LogP contribution in [0.2, 0.25) is 0 Å². The van der Waals surface area contributed by atoms with Gasteiger partial charge in [0.2, 0.25) is 0 Å². The molecule has 7 nitrogen and oxygen atoms in total. The summed E-state index contributed by atoms with van der Waals surface area (Å²) in [6.07, 6.45) is 0. The van der Waals surface area contributed by atoms with Crippen LogP contribution in [-0.2, 0) is 9.47 Å². The Labute approximate surface area is 185 Å². The Kier molecular flexibility index (Phi) is 9.87. The van der Waals surface area contributed by atoms with Gasteiger partial charge in [-0.2, -0.15) is 0 Å². The smallest absolute Gasteiger partial charge is 0.191 e. The molecule has 2 atom stereocenters. The molecule has 0 saturated carbocycles. The highest BCUT2D eigenvalue weighted by atomic mass is 32.1. The first-order valence-corrected chi connectivity index (χ1v) is 12.2. The molecule has 1 aromatic rings. The van der Waals surface area contributed by atoms with Crippen molar-refractivity contribution in [3.63, 3.8) is 0 Å². The Bertz CT molecular complexity index is 641. The monoisotopic (exact) mass is 437 g/mol. The number of hydrogen-bond donors (Lipinski definition) is 2. The summed E-state index contributed by atoms with van der Waals surface area (Å²) in [4.78, 5) is 12.7. The summed E-state index contributed by atoms with van der Waals surface area (Å²) >= 11 is 1.89. The molecule has 2 fully saturated rings. The van der Waals surface area contributed by atoms with Gasteiger partial charge in [-0.25, -0.2) is 0 Å². The van der Waals surface area contributed by atoms with Crippen LogP contribution < -0.4 is 10.6 Å². The fraction of sp³-hybridized carbons (Fsp3) is 0.773. The van der Waals surface area contributed by atoms with Gasteiger partial charge in [0.15, 0.2) is 5.96 Å². The number of thiophene rings is 1. The zero-order valence-electron chi connectivity index (χ0n) is 18.9. The maximum Gasteiger partial charge on any atom is 0.191 e. The van der Waals surface area contributed by atoms with Crippen molar-refractivity contribution in [3.8, 4) is 0 Å². The average Bonchev–Trinajstić information content (AvgIpc) is 3.19. The summed E-state index contributed by atoms with van der Waals surface area (Å²) in [5.41, 5.74) is 0. The Balaban J connectivity index is 1.56. The molecule has 0 radical (unpaired) electrons. The first-order chi connectivity index (χ1) is 14.7. The topological polar surface area (TPSA) is 61.4 Å². The first-order valence-electron chi connectivity index (χ1n) is 11.4. The van der Waals surface area contributed by atoms with E-state index in [1.807, 2.05) is 11.3 Å². The lowest BCUT2D eigenvalue weighted by atomic mass is 10.1. The van der Waals surface area contributed by atoms with Gasteiger partial charge in [0, 0.05) is 62.1 Å². The SMILES string of the molecule is CCNC(=NCC(C)CN1CCOCC1)NCC(c1ccc(C)s1)N1CCOCC1. The molecule has 170 valence electrons. The van der Waals surface area contributed by atoms with Gasteiger partial charge >= 0.3 is 0 Å². The average molecular weight is 438 g/mol. The highest BCUT2D eigenvalue weighted by Gasteiger charge is 2.24. The highest BCUT2D eigenvalue weighted by molar-refractivity contribution is 7.12. The number of aryl methyl sites for hydroxylation is 1. The lowest BCUT2D eigenvalue weighted by Gasteiger charge is -2.34. The molecule has 2 unspecified atom stereocenters. The van der Waals surface area contributed by atoms with Crippen molar-refractivity contribution in [3.05, 3.63) is 21.9 Å². The van der Waals surface area contributed by atoms with Gasteiger partial charge in [-0.15, -0.1) is 11.3 Å². The molecule has 0 bridgehead atoms. The van der Waals surface area contributed by atoms with Crippen molar-refractivity contribution in [1.29, 1.82) is 0 Å². The van der Waals surface area contributed by atoms with E-state index in [2.05, 4.69) is 53.3 Å². The van der Waals surface area contributed by atoms with Gasteiger partial charge in [0.1, 0.15) is 0 Å². The standard InChI is InChI=1S/C22H39N5O2S/c1-4-23-22(24-15-18(2)17-26-7-11-28-12-8-26)25-16-20(21-6-5-19(3)30-21)27-9-13-29-14-10-27/h5-6,18,20H,4,7-17H2,1-3H3,(H2,23,24,25). The number of nitrogens with zero attached hydrogens (tertiary/aromatic N) is 3. The summed E-state index contributed by atoms with van der Waals surface area (Å²) in [7, 11) is 0. The molecule has 2 aliphatic heterocycles. The largest absolute Gasteiger partial charge is 0.379 e. The second kappa shape index (κ2) is 12.6. The van der Waals surface area contributed by atoms with E-state index < -0.39 is 0 Å². The van der Waals surface area contributed by atoms with Gasteiger partial charge in [-0.3, -0.25) is 14.8 Å². The summed E-state index contributed by atoms with van der Waals surface area (Å²) in [5, 5.41) is 7.04. The van der Waals surface area contributed by atoms with E-state index in [9.17, 15) is 0 Å². The van der Waals surface area contributed by atoms with Crippen LogP contribution in [0.5, 0.6) is 0 Å². The van der Waals surface area contributed by atoms with Crippen LogP contribution in [0.1, 0.15) is 29.6 Å². The second-order valence-corrected chi connectivity index (χ2v) is 9.55. The summed E-state index contributed by atoms with van der Waals surface area (Å²) < 4.78 is 11.0. The predicted molar refractivity (Wildman–Crippen MR) is 125 cm³/mol. The summed E-state index contributed by atoms with van der Waals surface area (Å²) in [6, 6.07) is 4.85. The highest BCUT2D eigenvalue weighted by Crippen LogP contribution is 2.27.